The summed E-state index contributed by atoms with van der Waals surface area (Å²) in [7, 11) is 0. The second kappa shape index (κ2) is 10.1. The fourth-order valence-electron chi connectivity index (χ4n) is 3.16. The number of aryl methyl sites for hydroxylation is 2. The van der Waals surface area contributed by atoms with E-state index in [9.17, 15) is 14.7 Å². The van der Waals surface area contributed by atoms with Crippen molar-refractivity contribution >= 4 is 33.9 Å². The highest BCUT2D eigenvalue weighted by Gasteiger charge is 2.13. The van der Waals surface area contributed by atoms with Gasteiger partial charge in [-0.3, -0.25) is 4.79 Å². The second-order valence-electron chi connectivity index (χ2n) is 7.19. The number of ether oxygens (including phenoxy) is 1. The number of amides is 1. The Morgan fingerprint density at radius 1 is 1.00 bits per heavy atom. The molecule has 0 aliphatic rings. The number of aliphatic carboxylic acids is 1. The van der Waals surface area contributed by atoms with Gasteiger partial charge in [0, 0.05) is 0 Å². The zero-order valence-corrected chi connectivity index (χ0v) is 18.8. The van der Waals surface area contributed by atoms with Crippen LogP contribution in [0, 0.1) is 13.8 Å². The fourth-order valence-corrected chi connectivity index (χ4v) is 3.52. The molecular weight excluding hydrogens is 458 g/mol. The van der Waals surface area contributed by atoms with Crippen molar-refractivity contribution < 1.29 is 19.4 Å². The Balaban J connectivity index is 1.70. The van der Waals surface area contributed by atoms with Gasteiger partial charge in [-0.1, -0.05) is 53.6 Å². The maximum absolute atomic E-state index is 12.4. The first kappa shape index (κ1) is 22.3. The summed E-state index contributed by atoms with van der Waals surface area (Å²) >= 11 is 3.43. The average molecular weight is 480 g/mol. The molecule has 0 aliphatic heterocycles. The van der Waals surface area contributed by atoms with Gasteiger partial charge in [-0.15, -0.1) is 0 Å². The molecule has 0 saturated carbocycles. The SMILES string of the molecule is Cc1cc(C)cc(CC(=O)N/C(=C\c2ccc(Oc3ccccc3Br)cc2)C(=O)O)c1. The molecule has 0 aromatic heterocycles. The van der Waals surface area contributed by atoms with Gasteiger partial charge >= 0.3 is 5.97 Å². The van der Waals surface area contributed by atoms with E-state index in [4.69, 9.17) is 4.74 Å². The maximum Gasteiger partial charge on any atom is 0.352 e. The van der Waals surface area contributed by atoms with Crippen LogP contribution in [0.3, 0.4) is 0 Å². The lowest BCUT2D eigenvalue weighted by Crippen LogP contribution is -2.28. The highest BCUT2D eigenvalue weighted by Crippen LogP contribution is 2.29. The normalized spacial score (nSPS) is 11.1. The molecule has 3 rings (SSSR count). The Hall–Kier alpha value is -3.38. The number of carbonyl (C=O) groups excluding carboxylic acids is 1. The minimum Gasteiger partial charge on any atom is -0.477 e. The lowest BCUT2D eigenvalue weighted by molar-refractivity contribution is -0.134. The Labute approximate surface area is 189 Å². The molecule has 31 heavy (non-hydrogen) atoms. The predicted octanol–water partition coefficient (Wildman–Crippen LogP) is 5.64. The monoisotopic (exact) mass is 479 g/mol. The third kappa shape index (κ3) is 6.55. The van der Waals surface area contributed by atoms with Crippen molar-refractivity contribution in [1.29, 1.82) is 0 Å². The van der Waals surface area contributed by atoms with E-state index in [1.54, 1.807) is 24.3 Å². The molecule has 1 amide bonds. The van der Waals surface area contributed by atoms with E-state index < -0.39 is 5.97 Å². The second-order valence-corrected chi connectivity index (χ2v) is 8.04. The smallest absolute Gasteiger partial charge is 0.352 e. The van der Waals surface area contributed by atoms with Crippen molar-refractivity contribution in [3.63, 3.8) is 0 Å². The highest BCUT2D eigenvalue weighted by atomic mass is 79.9. The van der Waals surface area contributed by atoms with Gasteiger partial charge in [0.1, 0.15) is 17.2 Å². The summed E-state index contributed by atoms with van der Waals surface area (Å²) < 4.78 is 6.65. The minimum atomic E-state index is -1.21. The third-order valence-corrected chi connectivity index (χ3v) is 5.06. The molecule has 0 unspecified atom stereocenters. The van der Waals surface area contributed by atoms with Gasteiger partial charge in [-0.2, -0.15) is 0 Å². The number of hydrogen-bond acceptors (Lipinski definition) is 3. The van der Waals surface area contributed by atoms with Crippen molar-refractivity contribution in [3.05, 3.63) is 99.2 Å². The summed E-state index contributed by atoms with van der Waals surface area (Å²) in [6.45, 7) is 3.92. The first-order chi connectivity index (χ1) is 14.8. The largest absolute Gasteiger partial charge is 0.477 e. The van der Waals surface area contributed by atoms with Crippen molar-refractivity contribution in [2.45, 2.75) is 20.3 Å². The molecule has 0 atom stereocenters. The molecular formula is C25H22BrNO4. The zero-order valence-electron chi connectivity index (χ0n) is 17.2. The molecule has 2 N–H and O–H groups in total. The summed E-state index contributed by atoms with van der Waals surface area (Å²) in [5.41, 5.74) is 3.40. The summed E-state index contributed by atoms with van der Waals surface area (Å²) in [5, 5.41) is 12.0. The number of carbonyl (C=O) groups is 2. The van der Waals surface area contributed by atoms with Gasteiger partial charge in [0.15, 0.2) is 0 Å². The molecule has 0 bridgehead atoms. The molecule has 158 valence electrons. The van der Waals surface area contributed by atoms with Crippen LogP contribution in [0.15, 0.2) is 76.9 Å². The summed E-state index contributed by atoms with van der Waals surface area (Å²) in [5.74, 6) is -0.301. The van der Waals surface area contributed by atoms with Crippen molar-refractivity contribution in [1.82, 2.24) is 5.32 Å². The first-order valence-electron chi connectivity index (χ1n) is 9.64. The van der Waals surface area contributed by atoms with Crippen molar-refractivity contribution in [2.24, 2.45) is 0 Å². The number of nitrogens with one attached hydrogen (secondary N) is 1. The zero-order chi connectivity index (χ0) is 22.4. The predicted molar refractivity (Wildman–Crippen MR) is 124 cm³/mol. The van der Waals surface area contributed by atoms with E-state index in [1.165, 1.54) is 6.08 Å². The number of para-hydroxylation sites is 1. The number of halogens is 1. The van der Waals surface area contributed by atoms with Crippen LogP contribution in [0.25, 0.3) is 6.08 Å². The standard InChI is InChI=1S/C25H22BrNO4/c1-16-11-17(2)13-19(12-16)15-24(28)27-22(25(29)30)14-18-7-9-20(10-8-18)31-23-6-4-3-5-21(23)26/h3-14H,15H2,1-2H3,(H,27,28)(H,29,30)/b22-14-. The van der Waals surface area contributed by atoms with E-state index in [0.717, 1.165) is 21.2 Å². The molecule has 0 aliphatic carbocycles. The van der Waals surface area contributed by atoms with Crippen LogP contribution in [-0.2, 0) is 16.0 Å². The molecule has 3 aromatic rings. The number of carboxylic acids is 1. The van der Waals surface area contributed by atoms with Crippen LogP contribution in [-0.4, -0.2) is 17.0 Å². The number of benzene rings is 3. The van der Waals surface area contributed by atoms with Crippen LogP contribution in [0.1, 0.15) is 22.3 Å². The molecule has 0 spiro atoms. The lowest BCUT2D eigenvalue weighted by atomic mass is 10.0. The van der Waals surface area contributed by atoms with Crippen LogP contribution in [0.4, 0.5) is 0 Å². The van der Waals surface area contributed by atoms with E-state index in [2.05, 4.69) is 21.2 Å². The fraction of sp³-hybridized carbons (Fsp3) is 0.120. The van der Waals surface area contributed by atoms with Gasteiger partial charge in [0.05, 0.1) is 10.9 Å². The van der Waals surface area contributed by atoms with E-state index in [0.29, 0.717) is 17.1 Å². The van der Waals surface area contributed by atoms with Crippen LogP contribution in [0.5, 0.6) is 11.5 Å². The molecule has 0 heterocycles. The van der Waals surface area contributed by atoms with Gasteiger partial charge in [-0.05, 0) is 71.2 Å². The van der Waals surface area contributed by atoms with Crippen LogP contribution < -0.4 is 10.1 Å². The molecule has 3 aromatic carbocycles. The topological polar surface area (TPSA) is 75.6 Å². The van der Waals surface area contributed by atoms with E-state index in [-0.39, 0.29) is 18.0 Å². The molecule has 0 saturated heterocycles. The molecule has 6 heteroatoms. The Kier molecular flexibility index (Phi) is 7.26. The Morgan fingerprint density at radius 2 is 1.65 bits per heavy atom. The third-order valence-electron chi connectivity index (χ3n) is 4.41. The quantitative estimate of drug-likeness (QED) is 0.429. The van der Waals surface area contributed by atoms with Crippen LogP contribution >= 0.6 is 15.9 Å². The van der Waals surface area contributed by atoms with Gasteiger partial charge in [0.25, 0.3) is 0 Å². The van der Waals surface area contributed by atoms with E-state index in [1.807, 2.05) is 56.3 Å². The average Bonchev–Trinajstić information content (AvgIpc) is 2.69. The molecule has 0 radical (unpaired) electrons. The summed E-state index contributed by atoms with van der Waals surface area (Å²) in [6.07, 6.45) is 1.52. The lowest BCUT2D eigenvalue weighted by Gasteiger charge is -2.09. The van der Waals surface area contributed by atoms with Crippen molar-refractivity contribution in [2.75, 3.05) is 0 Å². The Bertz CT molecular complexity index is 1120. The molecule has 0 fully saturated rings. The Morgan fingerprint density at radius 3 is 2.26 bits per heavy atom. The van der Waals surface area contributed by atoms with Crippen molar-refractivity contribution in [3.8, 4) is 11.5 Å². The van der Waals surface area contributed by atoms with Gasteiger partial charge in [-0.25, -0.2) is 4.79 Å². The molecule has 5 nitrogen and oxygen atoms in total. The number of rotatable bonds is 7. The van der Waals surface area contributed by atoms with E-state index >= 15 is 0 Å². The summed E-state index contributed by atoms with van der Waals surface area (Å²) in [6, 6.07) is 20.3. The minimum absolute atomic E-state index is 0.103. The maximum atomic E-state index is 12.4. The number of hydrogen-bond donors (Lipinski definition) is 2. The summed E-state index contributed by atoms with van der Waals surface area (Å²) in [4.78, 5) is 24.0. The first-order valence-corrected chi connectivity index (χ1v) is 10.4. The number of carboxylic acid groups (broad SMARTS) is 1. The highest BCUT2D eigenvalue weighted by molar-refractivity contribution is 9.10. The van der Waals surface area contributed by atoms with Gasteiger partial charge < -0.3 is 15.2 Å². The van der Waals surface area contributed by atoms with Crippen LogP contribution in [0.2, 0.25) is 0 Å². The van der Waals surface area contributed by atoms with Gasteiger partial charge in [0.2, 0.25) is 5.91 Å².